The quantitative estimate of drug-likeness (QED) is 0.488. The van der Waals surface area contributed by atoms with Gasteiger partial charge in [-0.2, -0.15) is 0 Å². The van der Waals surface area contributed by atoms with Gasteiger partial charge in [-0.3, -0.25) is 21.0 Å². The van der Waals surface area contributed by atoms with Crippen LogP contribution in [0, 0.1) is 10.1 Å². The Balaban J connectivity index is 1.51. The first kappa shape index (κ1) is 18.5. The van der Waals surface area contributed by atoms with E-state index in [9.17, 15) is 10.1 Å². The number of aromatic nitrogens is 2. The lowest BCUT2D eigenvalue weighted by Crippen LogP contribution is -2.47. The summed E-state index contributed by atoms with van der Waals surface area (Å²) in [7, 11) is 0. The molecule has 2 heterocycles. The summed E-state index contributed by atoms with van der Waals surface area (Å²) in [6.45, 7) is 2.79. The lowest BCUT2D eigenvalue weighted by atomic mass is 10.2. The van der Waals surface area contributed by atoms with Crippen molar-refractivity contribution >= 4 is 28.7 Å². The first-order valence-electron chi connectivity index (χ1n) is 9.34. The molecule has 2 aromatic carbocycles. The molecule has 3 aromatic rings. The Hall–Kier alpha value is -3.88. The molecule has 1 fully saturated rings. The van der Waals surface area contributed by atoms with Gasteiger partial charge in [-0.15, -0.1) is 0 Å². The van der Waals surface area contributed by atoms with E-state index < -0.39 is 4.92 Å². The monoisotopic (exact) mass is 391 g/mol. The van der Waals surface area contributed by atoms with Crippen LogP contribution in [0.5, 0.6) is 0 Å². The SMILES string of the molecule is O=[N+]([O-])c1c(NNc2ccccc2)ncnc1N1CCN(c2ccccc2)CC1. The first-order chi connectivity index (χ1) is 14.2. The van der Waals surface area contributed by atoms with Crippen molar-refractivity contribution in [2.45, 2.75) is 0 Å². The van der Waals surface area contributed by atoms with Crippen molar-refractivity contribution in [3.05, 3.63) is 77.1 Å². The van der Waals surface area contributed by atoms with E-state index >= 15 is 0 Å². The van der Waals surface area contributed by atoms with Crippen LogP contribution in [0.1, 0.15) is 0 Å². The van der Waals surface area contributed by atoms with Crippen LogP contribution >= 0.6 is 0 Å². The van der Waals surface area contributed by atoms with Gasteiger partial charge in [0.25, 0.3) is 0 Å². The lowest BCUT2D eigenvalue weighted by molar-refractivity contribution is -0.383. The molecule has 0 bridgehead atoms. The predicted molar refractivity (Wildman–Crippen MR) is 113 cm³/mol. The van der Waals surface area contributed by atoms with E-state index in [-0.39, 0.29) is 11.5 Å². The molecule has 0 atom stereocenters. The van der Waals surface area contributed by atoms with Gasteiger partial charge in [-0.05, 0) is 24.3 Å². The fraction of sp³-hybridized carbons (Fsp3) is 0.200. The van der Waals surface area contributed by atoms with E-state index in [2.05, 4.69) is 37.9 Å². The van der Waals surface area contributed by atoms with Gasteiger partial charge in [-0.1, -0.05) is 36.4 Å². The summed E-state index contributed by atoms with van der Waals surface area (Å²) in [5, 5.41) is 11.8. The normalized spacial score (nSPS) is 13.8. The van der Waals surface area contributed by atoms with Crippen LogP contribution in [0.25, 0.3) is 0 Å². The van der Waals surface area contributed by atoms with E-state index in [4.69, 9.17) is 0 Å². The number of nitro groups is 1. The average molecular weight is 391 g/mol. The molecule has 1 aliphatic heterocycles. The van der Waals surface area contributed by atoms with E-state index in [1.165, 1.54) is 6.33 Å². The number of hydrazine groups is 1. The molecular weight excluding hydrogens is 370 g/mol. The maximum Gasteiger partial charge on any atom is 0.355 e. The van der Waals surface area contributed by atoms with Gasteiger partial charge in [0.2, 0.25) is 11.6 Å². The number of benzene rings is 2. The summed E-state index contributed by atoms with van der Waals surface area (Å²) in [5.41, 5.74) is 7.58. The van der Waals surface area contributed by atoms with Crippen LogP contribution in [0.3, 0.4) is 0 Å². The molecule has 9 nitrogen and oxygen atoms in total. The summed E-state index contributed by atoms with van der Waals surface area (Å²) in [4.78, 5) is 23.9. The van der Waals surface area contributed by atoms with Gasteiger partial charge >= 0.3 is 5.69 Å². The summed E-state index contributed by atoms with van der Waals surface area (Å²) in [6.07, 6.45) is 1.35. The van der Waals surface area contributed by atoms with Crippen molar-refractivity contribution in [3.8, 4) is 0 Å². The van der Waals surface area contributed by atoms with Crippen LogP contribution in [-0.2, 0) is 0 Å². The molecule has 2 N–H and O–H groups in total. The number of rotatable bonds is 6. The highest BCUT2D eigenvalue weighted by Crippen LogP contribution is 2.32. The topological polar surface area (TPSA) is 99.5 Å². The van der Waals surface area contributed by atoms with Crippen LogP contribution in [-0.4, -0.2) is 41.1 Å². The van der Waals surface area contributed by atoms with Crippen molar-refractivity contribution in [2.24, 2.45) is 0 Å². The zero-order valence-electron chi connectivity index (χ0n) is 15.7. The van der Waals surface area contributed by atoms with Gasteiger partial charge in [-0.25, -0.2) is 9.97 Å². The van der Waals surface area contributed by atoms with Crippen molar-refractivity contribution in [1.82, 2.24) is 9.97 Å². The van der Waals surface area contributed by atoms with E-state index in [1.54, 1.807) is 0 Å². The third-order valence-corrected chi connectivity index (χ3v) is 4.79. The number of anilines is 4. The molecule has 0 amide bonds. The van der Waals surface area contributed by atoms with Gasteiger partial charge in [0.05, 0.1) is 10.6 Å². The number of piperazine rings is 1. The summed E-state index contributed by atoms with van der Waals surface area (Å²) < 4.78 is 0. The Morgan fingerprint density at radius 1 is 0.828 bits per heavy atom. The van der Waals surface area contributed by atoms with E-state index in [1.807, 2.05) is 53.4 Å². The molecule has 1 aromatic heterocycles. The third kappa shape index (κ3) is 4.18. The Morgan fingerprint density at radius 2 is 1.45 bits per heavy atom. The number of nitrogens with one attached hydrogen (secondary N) is 2. The standard InChI is InChI=1S/C20H21N7O2/c28-27(29)18-19(24-23-16-7-3-1-4-8-16)21-15-22-20(18)26-13-11-25(12-14-26)17-9-5-2-6-10-17/h1-10,15,23H,11-14H2,(H,21,22,24). The fourth-order valence-corrected chi connectivity index (χ4v) is 3.33. The lowest BCUT2D eigenvalue weighted by Gasteiger charge is -2.36. The second-order valence-corrected chi connectivity index (χ2v) is 6.58. The third-order valence-electron chi connectivity index (χ3n) is 4.79. The Labute approximate surface area is 168 Å². The van der Waals surface area contributed by atoms with Crippen molar-refractivity contribution < 1.29 is 4.92 Å². The van der Waals surface area contributed by atoms with Crippen molar-refractivity contribution in [2.75, 3.05) is 46.8 Å². The number of nitrogens with zero attached hydrogens (tertiary/aromatic N) is 5. The molecule has 0 saturated carbocycles. The summed E-state index contributed by atoms with van der Waals surface area (Å²) in [5.74, 6) is 0.462. The minimum absolute atomic E-state index is 0.134. The molecule has 1 saturated heterocycles. The van der Waals surface area contributed by atoms with Gasteiger partial charge < -0.3 is 9.80 Å². The molecule has 1 aliphatic rings. The van der Waals surface area contributed by atoms with Gasteiger partial charge in [0.15, 0.2) is 0 Å². The Bertz CT molecular complexity index is 961. The maximum absolute atomic E-state index is 11.8. The second-order valence-electron chi connectivity index (χ2n) is 6.58. The summed E-state index contributed by atoms with van der Waals surface area (Å²) in [6, 6.07) is 19.5. The molecule has 0 radical (unpaired) electrons. The van der Waals surface area contributed by atoms with Crippen LogP contribution < -0.4 is 20.7 Å². The molecule has 4 rings (SSSR count). The molecule has 148 valence electrons. The first-order valence-corrected chi connectivity index (χ1v) is 9.34. The van der Waals surface area contributed by atoms with Crippen LogP contribution in [0.2, 0.25) is 0 Å². The van der Waals surface area contributed by atoms with Crippen LogP contribution in [0.4, 0.5) is 28.7 Å². The summed E-state index contributed by atoms with van der Waals surface area (Å²) >= 11 is 0. The van der Waals surface area contributed by atoms with Crippen molar-refractivity contribution in [3.63, 3.8) is 0 Å². The molecular formula is C20H21N7O2. The van der Waals surface area contributed by atoms with Crippen molar-refractivity contribution in [1.29, 1.82) is 0 Å². The minimum atomic E-state index is -0.437. The minimum Gasteiger partial charge on any atom is -0.368 e. The number of para-hydroxylation sites is 2. The maximum atomic E-state index is 11.8. The smallest absolute Gasteiger partial charge is 0.355 e. The van der Waals surface area contributed by atoms with Gasteiger partial charge in [0.1, 0.15) is 6.33 Å². The molecule has 0 unspecified atom stereocenters. The largest absolute Gasteiger partial charge is 0.368 e. The zero-order chi connectivity index (χ0) is 20.1. The van der Waals surface area contributed by atoms with E-state index in [0.29, 0.717) is 18.9 Å². The number of hydrogen-bond acceptors (Lipinski definition) is 8. The van der Waals surface area contributed by atoms with Crippen LogP contribution in [0.15, 0.2) is 67.0 Å². The zero-order valence-corrected chi connectivity index (χ0v) is 15.7. The molecule has 0 spiro atoms. The fourth-order valence-electron chi connectivity index (χ4n) is 3.33. The highest BCUT2D eigenvalue weighted by molar-refractivity contribution is 5.72. The Kier molecular flexibility index (Phi) is 5.37. The highest BCUT2D eigenvalue weighted by Gasteiger charge is 2.29. The Morgan fingerprint density at radius 3 is 2.10 bits per heavy atom. The number of hydrogen-bond donors (Lipinski definition) is 2. The second kappa shape index (κ2) is 8.42. The molecule has 0 aliphatic carbocycles. The highest BCUT2D eigenvalue weighted by atomic mass is 16.6. The predicted octanol–water partition coefficient (Wildman–Crippen LogP) is 3.15. The van der Waals surface area contributed by atoms with Gasteiger partial charge in [0, 0.05) is 31.9 Å². The average Bonchev–Trinajstić information content (AvgIpc) is 2.78. The van der Waals surface area contributed by atoms with E-state index in [0.717, 1.165) is 24.5 Å². The molecule has 9 heteroatoms. The molecule has 29 heavy (non-hydrogen) atoms.